The number of alkyl halides is 3. The molecule has 0 saturated heterocycles. The van der Waals surface area contributed by atoms with E-state index in [1.807, 2.05) is 0 Å². The van der Waals surface area contributed by atoms with E-state index in [1.54, 1.807) is 13.8 Å². The fourth-order valence-corrected chi connectivity index (χ4v) is 2.49. The van der Waals surface area contributed by atoms with Crippen molar-refractivity contribution in [1.29, 1.82) is 0 Å². The highest BCUT2D eigenvalue weighted by Gasteiger charge is 2.42. The fourth-order valence-electron chi connectivity index (χ4n) is 2.49. The van der Waals surface area contributed by atoms with E-state index in [2.05, 4.69) is 0 Å². The maximum absolute atomic E-state index is 12.5. The lowest BCUT2D eigenvalue weighted by Gasteiger charge is -2.34. The van der Waals surface area contributed by atoms with Gasteiger partial charge in [-0.3, -0.25) is 4.90 Å². The zero-order valence-electron chi connectivity index (χ0n) is 10.3. The van der Waals surface area contributed by atoms with E-state index >= 15 is 0 Å². The first-order valence-electron chi connectivity index (χ1n) is 5.89. The molecular formula is C11H21F3N2O. The number of nitrogens with two attached hydrogens (primary N) is 1. The lowest BCUT2D eigenvalue weighted by molar-refractivity contribution is -0.155. The average Bonchev–Trinajstić information content (AvgIpc) is 2.57. The molecule has 0 bridgehead atoms. The fraction of sp³-hybridized carbons (Fsp3) is 1.00. The van der Waals surface area contributed by atoms with Crippen LogP contribution in [0.4, 0.5) is 13.2 Å². The Bertz CT molecular complexity index is 258. The Labute approximate surface area is 99.8 Å². The zero-order chi connectivity index (χ0) is 13.3. The molecule has 0 aromatic heterocycles. The van der Waals surface area contributed by atoms with Gasteiger partial charge in [-0.1, -0.05) is 0 Å². The molecule has 0 spiro atoms. The van der Waals surface area contributed by atoms with Crippen LogP contribution in [0.5, 0.6) is 0 Å². The number of rotatable bonds is 4. The van der Waals surface area contributed by atoms with Crippen LogP contribution in [0.15, 0.2) is 0 Å². The van der Waals surface area contributed by atoms with E-state index in [4.69, 9.17) is 10.8 Å². The lowest BCUT2D eigenvalue weighted by Crippen LogP contribution is -2.48. The number of halogens is 3. The number of hydrogen-bond donors (Lipinski definition) is 2. The van der Waals surface area contributed by atoms with Gasteiger partial charge in [-0.25, -0.2) is 0 Å². The summed E-state index contributed by atoms with van der Waals surface area (Å²) < 4.78 is 37.4. The Morgan fingerprint density at radius 3 is 2.41 bits per heavy atom. The maximum atomic E-state index is 12.5. The minimum absolute atomic E-state index is 0.165. The Morgan fingerprint density at radius 1 is 1.47 bits per heavy atom. The van der Waals surface area contributed by atoms with Crippen LogP contribution in [0.2, 0.25) is 0 Å². The van der Waals surface area contributed by atoms with Crippen LogP contribution in [0, 0.1) is 0 Å². The Kier molecular flexibility index (Phi) is 4.43. The molecule has 0 amide bonds. The van der Waals surface area contributed by atoms with Gasteiger partial charge in [0.15, 0.2) is 0 Å². The first kappa shape index (κ1) is 14.7. The number of nitrogens with zero attached hydrogens (tertiary/aromatic N) is 1. The molecule has 0 heterocycles. The summed E-state index contributed by atoms with van der Waals surface area (Å²) in [4.78, 5) is 1.43. The highest BCUT2D eigenvalue weighted by molar-refractivity contribution is 4.97. The highest BCUT2D eigenvalue weighted by atomic mass is 19.4. The van der Waals surface area contributed by atoms with Crippen LogP contribution in [-0.2, 0) is 0 Å². The van der Waals surface area contributed by atoms with Crippen LogP contribution in [-0.4, -0.2) is 47.0 Å². The quantitative estimate of drug-likeness (QED) is 0.799. The van der Waals surface area contributed by atoms with Gasteiger partial charge in [-0.05, 0) is 33.1 Å². The van der Waals surface area contributed by atoms with Crippen LogP contribution in [0.1, 0.15) is 33.1 Å². The second-order valence-corrected chi connectivity index (χ2v) is 5.30. The Balaban J connectivity index is 2.68. The van der Waals surface area contributed by atoms with Gasteiger partial charge in [0.25, 0.3) is 0 Å². The second kappa shape index (κ2) is 5.12. The summed E-state index contributed by atoms with van der Waals surface area (Å²) in [5.41, 5.74) is 5.19. The summed E-state index contributed by atoms with van der Waals surface area (Å²) in [7, 11) is 0. The van der Waals surface area contributed by atoms with Crippen LogP contribution >= 0.6 is 0 Å². The molecular weight excluding hydrogens is 233 g/mol. The Hall–Kier alpha value is -0.330. The predicted molar refractivity (Wildman–Crippen MR) is 59.5 cm³/mol. The van der Waals surface area contributed by atoms with E-state index in [9.17, 15) is 13.2 Å². The molecule has 1 rings (SSSR count). The van der Waals surface area contributed by atoms with E-state index < -0.39 is 18.3 Å². The molecule has 1 saturated carbocycles. The normalized spacial score (nSPS) is 30.5. The van der Waals surface area contributed by atoms with Gasteiger partial charge in [0.2, 0.25) is 0 Å². The second-order valence-electron chi connectivity index (χ2n) is 5.30. The summed E-state index contributed by atoms with van der Waals surface area (Å²) in [6.45, 7) is 2.43. The average molecular weight is 254 g/mol. The van der Waals surface area contributed by atoms with E-state index in [1.165, 1.54) is 4.90 Å². The SMILES string of the molecule is CC(C)N(CC(F)(F)F)C1CCC(N)(CO)C1. The monoisotopic (exact) mass is 254 g/mol. The van der Waals surface area contributed by atoms with Crippen molar-refractivity contribution in [3.05, 3.63) is 0 Å². The summed E-state index contributed by atoms with van der Waals surface area (Å²) in [6.07, 6.45) is -2.57. The minimum Gasteiger partial charge on any atom is -0.394 e. The topological polar surface area (TPSA) is 49.5 Å². The smallest absolute Gasteiger partial charge is 0.394 e. The molecule has 1 aliphatic rings. The summed E-state index contributed by atoms with van der Waals surface area (Å²) >= 11 is 0. The molecule has 0 aromatic rings. The number of aliphatic hydroxyl groups excluding tert-OH is 1. The first-order chi connectivity index (χ1) is 7.67. The maximum Gasteiger partial charge on any atom is 0.401 e. The van der Waals surface area contributed by atoms with Crippen molar-refractivity contribution in [1.82, 2.24) is 4.90 Å². The first-order valence-corrected chi connectivity index (χ1v) is 5.89. The molecule has 2 atom stereocenters. The predicted octanol–water partition coefficient (Wildman–Crippen LogP) is 1.50. The van der Waals surface area contributed by atoms with Crippen molar-refractivity contribution in [2.24, 2.45) is 5.73 Å². The molecule has 17 heavy (non-hydrogen) atoms. The molecule has 1 fully saturated rings. The van der Waals surface area contributed by atoms with E-state index in [0.29, 0.717) is 19.3 Å². The molecule has 102 valence electrons. The molecule has 6 heteroatoms. The van der Waals surface area contributed by atoms with E-state index in [0.717, 1.165) is 0 Å². The van der Waals surface area contributed by atoms with Gasteiger partial charge in [-0.2, -0.15) is 13.2 Å². The van der Waals surface area contributed by atoms with Crippen LogP contribution in [0.25, 0.3) is 0 Å². The third-order valence-electron chi connectivity index (χ3n) is 3.43. The molecule has 2 unspecified atom stereocenters. The van der Waals surface area contributed by atoms with Crippen molar-refractivity contribution in [3.63, 3.8) is 0 Å². The zero-order valence-corrected chi connectivity index (χ0v) is 10.3. The Morgan fingerprint density at radius 2 is 2.06 bits per heavy atom. The summed E-state index contributed by atoms with van der Waals surface area (Å²) in [5, 5.41) is 9.13. The summed E-state index contributed by atoms with van der Waals surface area (Å²) in [6, 6.07) is -0.364. The van der Waals surface area contributed by atoms with E-state index in [-0.39, 0.29) is 18.7 Å². The van der Waals surface area contributed by atoms with Crippen molar-refractivity contribution in [3.8, 4) is 0 Å². The molecule has 0 radical (unpaired) electrons. The van der Waals surface area contributed by atoms with Crippen LogP contribution < -0.4 is 5.73 Å². The molecule has 0 aromatic carbocycles. The van der Waals surface area contributed by atoms with Gasteiger partial charge in [0.05, 0.1) is 13.2 Å². The van der Waals surface area contributed by atoms with Gasteiger partial charge in [0.1, 0.15) is 0 Å². The molecule has 1 aliphatic carbocycles. The van der Waals surface area contributed by atoms with Crippen molar-refractivity contribution in [2.45, 2.75) is 56.9 Å². The molecule has 0 aliphatic heterocycles. The highest BCUT2D eigenvalue weighted by Crippen LogP contribution is 2.33. The third-order valence-corrected chi connectivity index (χ3v) is 3.43. The lowest BCUT2D eigenvalue weighted by atomic mass is 10.00. The standard InChI is InChI=1S/C11H21F3N2O/c1-8(2)16(6-11(12,13)14)9-3-4-10(15,5-9)7-17/h8-9,17H,3-7,15H2,1-2H3. The van der Waals surface area contributed by atoms with Crippen molar-refractivity contribution >= 4 is 0 Å². The van der Waals surface area contributed by atoms with Crippen LogP contribution in [0.3, 0.4) is 0 Å². The van der Waals surface area contributed by atoms with Gasteiger partial charge in [0, 0.05) is 17.6 Å². The third kappa shape index (κ3) is 4.12. The van der Waals surface area contributed by atoms with Crippen molar-refractivity contribution in [2.75, 3.05) is 13.2 Å². The molecule has 3 N–H and O–H groups in total. The number of hydrogen-bond acceptors (Lipinski definition) is 3. The molecule has 3 nitrogen and oxygen atoms in total. The minimum atomic E-state index is -4.19. The van der Waals surface area contributed by atoms with Gasteiger partial charge < -0.3 is 10.8 Å². The summed E-state index contributed by atoms with van der Waals surface area (Å²) in [5.74, 6) is 0. The van der Waals surface area contributed by atoms with Gasteiger partial charge >= 0.3 is 6.18 Å². The van der Waals surface area contributed by atoms with Crippen molar-refractivity contribution < 1.29 is 18.3 Å². The van der Waals surface area contributed by atoms with Gasteiger partial charge in [-0.15, -0.1) is 0 Å². The largest absolute Gasteiger partial charge is 0.401 e. The number of aliphatic hydroxyl groups is 1.